The van der Waals surface area contributed by atoms with Crippen molar-refractivity contribution < 1.29 is 39.8 Å². The number of anilines is 2. The highest BCUT2D eigenvalue weighted by Crippen LogP contribution is 2.66. The molecule has 0 saturated heterocycles. The lowest BCUT2D eigenvalue weighted by Gasteiger charge is -2.66. The molecule has 0 spiro atoms. The average Bonchev–Trinajstić information content (AvgIpc) is 3.44. The van der Waals surface area contributed by atoms with E-state index in [0.29, 0.717) is 16.4 Å². The summed E-state index contributed by atoms with van der Waals surface area (Å²) in [6.45, 7) is 7.03. The fraction of sp³-hybridized carbons (Fsp3) is 0.455. The van der Waals surface area contributed by atoms with Crippen molar-refractivity contribution in [2.24, 2.45) is 45.4 Å². The number of phenols is 1. The molecule has 8 atom stereocenters. The number of phenolic OH excluding ortho intramolecular Hbond substituents is 1. The van der Waals surface area contributed by atoms with Crippen LogP contribution in [-0.4, -0.2) is 55.7 Å². The van der Waals surface area contributed by atoms with Crippen molar-refractivity contribution in [2.75, 3.05) is 5.32 Å². The van der Waals surface area contributed by atoms with Gasteiger partial charge in [0.05, 0.1) is 17.6 Å². The van der Waals surface area contributed by atoms with Gasteiger partial charge in [-0.3, -0.25) is 14.4 Å². The van der Waals surface area contributed by atoms with Gasteiger partial charge in [0.1, 0.15) is 34.8 Å². The lowest BCUT2D eigenvalue weighted by molar-refractivity contribution is -0.340. The predicted molar refractivity (Wildman–Crippen MR) is 168 cm³/mol. The first-order chi connectivity index (χ1) is 21.6. The van der Waals surface area contributed by atoms with Crippen molar-refractivity contribution in [3.63, 3.8) is 0 Å². The van der Waals surface area contributed by atoms with Crippen LogP contribution in [0.3, 0.4) is 0 Å². The van der Waals surface area contributed by atoms with E-state index in [4.69, 9.17) is 5.73 Å². The number of rotatable bonds is 6. The number of fused-ring (bicyclic) bond motifs is 3. The highest BCUT2D eigenvalue weighted by atomic mass is 32.1. The van der Waals surface area contributed by atoms with E-state index in [0.717, 1.165) is 11.3 Å². The largest absolute Gasteiger partial charge is 0.507 e. The Hall–Kier alpha value is -4.04. The van der Waals surface area contributed by atoms with Crippen LogP contribution in [0.1, 0.15) is 50.0 Å². The van der Waals surface area contributed by atoms with Gasteiger partial charge in [0.2, 0.25) is 5.91 Å². The molecule has 13 heteroatoms. The fourth-order valence-electron chi connectivity index (χ4n) is 9.00. The summed E-state index contributed by atoms with van der Waals surface area (Å²) in [5.41, 5.74) is 3.25. The first-order valence-electron chi connectivity index (χ1n) is 15.1. The predicted octanol–water partition coefficient (Wildman–Crippen LogP) is 3.26. The lowest BCUT2D eigenvalue weighted by atomic mass is 9.39. The smallest absolute Gasteiger partial charge is 0.337 e. The van der Waals surface area contributed by atoms with E-state index in [1.54, 1.807) is 52.0 Å². The Morgan fingerprint density at radius 1 is 1.17 bits per heavy atom. The van der Waals surface area contributed by atoms with Gasteiger partial charge in [-0.15, -0.1) is 4.91 Å². The third-order valence-electron chi connectivity index (χ3n) is 10.7. The molecule has 3 aliphatic carbocycles. The molecule has 8 N–H and O–H groups in total. The first-order valence-corrected chi connectivity index (χ1v) is 16.0. The maximum atomic E-state index is 14.3. The number of nitrogens with two attached hydrogens (primary N) is 1. The number of carbonyl (C=O) groups is 3. The third-order valence-corrected chi connectivity index (χ3v) is 11.5. The van der Waals surface area contributed by atoms with E-state index >= 15 is 0 Å². The van der Waals surface area contributed by atoms with Gasteiger partial charge in [0.15, 0.2) is 17.2 Å². The Morgan fingerprint density at radius 2 is 1.89 bits per heavy atom. The Morgan fingerprint density at radius 3 is 2.54 bits per heavy atom. The van der Waals surface area contributed by atoms with Gasteiger partial charge in [0, 0.05) is 21.9 Å². The molecule has 2 saturated carbocycles. The summed E-state index contributed by atoms with van der Waals surface area (Å²) in [5.74, 6) is -7.40. The number of aliphatic hydroxyl groups is 3. The highest BCUT2D eigenvalue weighted by molar-refractivity contribution is 7.13. The van der Waals surface area contributed by atoms with Gasteiger partial charge in [-0.2, -0.15) is 0 Å². The summed E-state index contributed by atoms with van der Waals surface area (Å²) in [7, 11) is 0. The van der Waals surface area contributed by atoms with Gasteiger partial charge in [-0.05, 0) is 59.5 Å². The minimum Gasteiger partial charge on any atom is -0.507 e. The zero-order valence-corrected chi connectivity index (χ0v) is 26.6. The van der Waals surface area contributed by atoms with Gasteiger partial charge >= 0.3 is 5.13 Å². The SMILES string of the molecule is CC(C)[C@H]1C(O)[C@@H](C(N)=O)C(=O)[C@]2(O)C(O)[C@H]3C(=O)c4c(O)ccc(Nc5[nH+]c(-c6cccc(N=O)c6)cs5)c4C[C@]3(C)C[C@]12C. The van der Waals surface area contributed by atoms with Crippen molar-refractivity contribution in [3.8, 4) is 17.0 Å². The van der Waals surface area contributed by atoms with E-state index in [-0.39, 0.29) is 35.8 Å². The normalized spacial score (nSPS) is 33.6. The number of Topliss-reactive ketones (excluding diaryl/α,β-unsaturated/α-hetero) is 2. The molecule has 2 unspecified atom stereocenters. The minimum absolute atomic E-state index is 0.0320. The van der Waals surface area contributed by atoms with Gasteiger partial charge < -0.3 is 26.2 Å². The van der Waals surface area contributed by atoms with Crippen LogP contribution in [0.15, 0.2) is 47.0 Å². The van der Waals surface area contributed by atoms with E-state index in [9.17, 15) is 39.7 Å². The van der Waals surface area contributed by atoms with Crippen molar-refractivity contribution in [1.82, 2.24) is 0 Å². The van der Waals surface area contributed by atoms with Crippen molar-refractivity contribution in [3.05, 3.63) is 57.8 Å². The number of nitrogens with zero attached hydrogens (tertiary/aromatic N) is 1. The molecule has 3 aliphatic rings. The molecule has 1 amide bonds. The summed E-state index contributed by atoms with van der Waals surface area (Å²) in [5, 5.41) is 55.2. The number of H-pyrrole nitrogens is 1. The molecule has 6 rings (SSSR count). The summed E-state index contributed by atoms with van der Waals surface area (Å²) in [6.07, 6.45) is -3.22. The number of amides is 1. The molecule has 3 aromatic rings. The Bertz CT molecular complexity index is 1790. The Kier molecular flexibility index (Phi) is 7.47. The Labute approximate surface area is 268 Å². The number of aromatic amines is 1. The number of nitrogens with one attached hydrogen (secondary N) is 2. The van der Waals surface area contributed by atoms with E-state index in [1.807, 2.05) is 11.4 Å². The van der Waals surface area contributed by atoms with Gasteiger partial charge in [-0.25, -0.2) is 10.3 Å². The quantitative estimate of drug-likeness (QED) is 0.131. The number of aliphatic hydroxyl groups excluding tert-OH is 2. The molecular weight excluding hydrogens is 612 g/mol. The molecule has 46 heavy (non-hydrogen) atoms. The number of ketones is 2. The number of carbonyl (C=O) groups excluding carboxylic acids is 3. The summed E-state index contributed by atoms with van der Waals surface area (Å²) in [4.78, 5) is 54.9. The highest BCUT2D eigenvalue weighted by Gasteiger charge is 2.76. The maximum Gasteiger partial charge on any atom is 0.337 e. The first kappa shape index (κ1) is 31.9. The maximum absolute atomic E-state index is 14.3. The number of thiazole rings is 1. The summed E-state index contributed by atoms with van der Waals surface area (Å²) in [6, 6.07) is 9.82. The molecule has 1 heterocycles. The topological polar surface area (TPSA) is 214 Å². The molecule has 242 valence electrons. The molecule has 0 radical (unpaired) electrons. The second-order valence-electron chi connectivity index (χ2n) is 13.8. The molecule has 1 aromatic heterocycles. The van der Waals surface area contributed by atoms with Crippen LogP contribution in [0.2, 0.25) is 0 Å². The minimum atomic E-state index is -2.57. The second-order valence-corrected chi connectivity index (χ2v) is 14.7. The van der Waals surface area contributed by atoms with Crippen molar-refractivity contribution in [1.29, 1.82) is 0 Å². The lowest BCUT2D eigenvalue weighted by Crippen LogP contribution is -2.79. The molecular formula is C33H37N4O8S+. The molecule has 2 fully saturated rings. The third kappa shape index (κ3) is 4.36. The summed E-state index contributed by atoms with van der Waals surface area (Å²) >= 11 is 1.35. The van der Waals surface area contributed by atoms with Crippen LogP contribution < -0.4 is 16.0 Å². The molecule has 12 nitrogen and oxygen atoms in total. The molecule has 0 bridgehead atoms. The second kappa shape index (κ2) is 10.8. The van der Waals surface area contributed by atoms with Gasteiger partial charge in [0.25, 0.3) is 0 Å². The van der Waals surface area contributed by atoms with Gasteiger partial charge in [-0.1, -0.05) is 51.2 Å². The summed E-state index contributed by atoms with van der Waals surface area (Å²) < 4.78 is 0. The monoisotopic (exact) mass is 649 g/mol. The van der Waals surface area contributed by atoms with E-state index in [2.05, 4.69) is 15.5 Å². The molecule has 0 aliphatic heterocycles. The number of primary amides is 1. The number of aromatic hydroxyl groups is 1. The number of nitroso groups, excluding NO2 is 1. The van der Waals surface area contributed by atoms with Crippen LogP contribution >= 0.6 is 11.3 Å². The number of benzene rings is 2. The number of aromatic nitrogens is 1. The van der Waals surface area contributed by atoms with Crippen LogP contribution in [0.4, 0.5) is 16.5 Å². The van der Waals surface area contributed by atoms with Crippen LogP contribution in [0, 0.1) is 39.4 Å². The van der Waals surface area contributed by atoms with Crippen LogP contribution in [0.5, 0.6) is 5.75 Å². The van der Waals surface area contributed by atoms with E-state index in [1.165, 1.54) is 17.4 Å². The number of hydrogen-bond donors (Lipinski definition) is 6. The zero-order valence-electron chi connectivity index (χ0n) is 25.8. The van der Waals surface area contributed by atoms with Crippen molar-refractivity contribution in [2.45, 2.75) is 58.3 Å². The van der Waals surface area contributed by atoms with Crippen molar-refractivity contribution >= 4 is 45.3 Å². The standard InChI is InChI=1S/C33H36N4O8S/c1-14(2)23-26(40)22(29(34)43)27(41)33(44)28(42)24-25(39)21-17(11-31(24,3)13-32(23,33)4)18(8-9-20(21)38)35-30-36-19(12-46-30)15-6-5-7-16(10-15)37-45/h5-10,12,14,22-24,26,28,38,40,42,44H,11,13H2,1-4H3,(H2,34,43)(H,35,36)/p+1/t22-,23+,24-,26?,28?,31-,32-,33+/m1/s1. The average molecular weight is 650 g/mol. The molecule has 2 aromatic carbocycles. The fourth-order valence-corrected chi connectivity index (χ4v) is 9.77. The van der Waals surface area contributed by atoms with Crippen LogP contribution in [-0.2, 0) is 16.0 Å². The Balaban J connectivity index is 1.43. The van der Waals surface area contributed by atoms with E-state index < -0.39 is 63.9 Å². The zero-order chi connectivity index (χ0) is 33.5. The van der Waals surface area contributed by atoms with Crippen LogP contribution in [0.25, 0.3) is 11.3 Å². The number of hydrogen-bond acceptors (Lipinski definition) is 11.